The number of piperazine rings is 1. The van der Waals surface area contributed by atoms with Crippen molar-refractivity contribution in [1.29, 1.82) is 0 Å². The number of aliphatic hydroxyl groups excluding tert-OH is 1. The number of nitrogens with zero attached hydrogens (tertiary/aromatic N) is 2. The summed E-state index contributed by atoms with van der Waals surface area (Å²) in [6, 6.07) is 10.4. The van der Waals surface area contributed by atoms with Crippen molar-refractivity contribution in [3.8, 4) is 0 Å². The molecule has 1 unspecified atom stereocenters. The van der Waals surface area contributed by atoms with Crippen molar-refractivity contribution in [1.82, 2.24) is 9.80 Å². The highest BCUT2D eigenvalue weighted by Gasteiger charge is 2.29. The Morgan fingerprint density at radius 2 is 1.65 bits per heavy atom. The van der Waals surface area contributed by atoms with E-state index in [1.807, 2.05) is 6.07 Å². The second kappa shape index (κ2) is 7.21. The Bertz CT molecular complexity index is 387. The summed E-state index contributed by atoms with van der Waals surface area (Å²) >= 11 is 0. The van der Waals surface area contributed by atoms with E-state index in [2.05, 4.69) is 47.9 Å². The lowest BCUT2D eigenvalue weighted by atomic mass is 9.82. The Labute approximate surface area is 123 Å². The maximum absolute atomic E-state index is 9.87. The largest absolute Gasteiger partial charge is 0.395 e. The van der Waals surface area contributed by atoms with Gasteiger partial charge in [-0.25, -0.2) is 0 Å². The molecule has 1 aromatic carbocycles. The van der Waals surface area contributed by atoms with Gasteiger partial charge < -0.3 is 10.0 Å². The monoisotopic (exact) mass is 276 g/mol. The molecular weight excluding hydrogens is 248 g/mol. The van der Waals surface area contributed by atoms with E-state index in [0.717, 1.165) is 32.7 Å². The van der Waals surface area contributed by atoms with Gasteiger partial charge in [0.25, 0.3) is 0 Å². The van der Waals surface area contributed by atoms with E-state index in [9.17, 15) is 5.11 Å². The van der Waals surface area contributed by atoms with Gasteiger partial charge in [0.2, 0.25) is 0 Å². The first-order valence-corrected chi connectivity index (χ1v) is 7.79. The number of rotatable bonds is 6. The van der Waals surface area contributed by atoms with Crippen molar-refractivity contribution < 1.29 is 5.11 Å². The fraction of sp³-hybridized carbons (Fsp3) is 0.647. The van der Waals surface area contributed by atoms with Crippen LogP contribution in [0.5, 0.6) is 0 Å². The maximum Gasteiger partial charge on any atom is 0.0537 e. The summed E-state index contributed by atoms with van der Waals surface area (Å²) in [7, 11) is 0. The van der Waals surface area contributed by atoms with Gasteiger partial charge in [-0.05, 0) is 18.5 Å². The third-order valence-corrected chi connectivity index (χ3v) is 4.40. The Balaban J connectivity index is 1.94. The first-order valence-electron chi connectivity index (χ1n) is 7.79. The predicted molar refractivity (Wildman–Crippen MR) is 84.1 cm³/mol. The summed E-state index contributed by atoms with van der Waals surface area (Å²) in [4.78, 5) is 5.03. The van der Waals surface area contributed by atoms with Crippen molar-refractivity contribution >= 4 is 0 Å². The molecule has 1 heterocycles. The lowest BCUT2D eigenvalue weighted by Crippen LogP contribution is -2.51. The molecule has 0 saturated carbocycles. The summed E-state index contributed by atoms with van der Waals surface area (Å²) in [5.74, 6) is 0. The normalized spacial score (nSPS) is 20.8. The molecule has 3 nitrogen and oxygen atoms in total. The van der Waals surface area contributed by atoms with E-state index in [-0.39, 0.29) is 12.0 Å². The molecule has 1 saturated heterocycles. The zero-order valence-corrected chi connectivity index (χ0v) is 12.9. The molecule has 1 fully saturated rings. The highest BCUT2D eigenvalue weighted by atomic mass is 16.3. The van der Waals surface area contributed by atoms with Crippen molar-refractivity contribution in [3.05, 3.63) is 35.9 Å². The van der Waals surface area contributed by atoms with Crippen LogP contribution in [0.25, 0.3) is 0 Å². The Morgan fingerprint density at radius 1 is 1.05 bits per heavy atom. The van der Waals surface area contributed by atoms with E-state index in [1.165, 1.54) is 18.5 Å². The molecule has 3 heteroatoms. The van der Waals surface area contributed by atoms with Gasteiger partial charge >= 0.3 is 0 Å². The molecule has 112 valence electrons. The molecule has 1 aliphatic rings. The van der Waals surface area contributed by atoms with E-state index in [4.69, 9.17) is 0 Å². The molecule has 0 bridgehead atoms. The van der Waals surface area contributed by atoms with Gasteiger partial charge in [0.05, 0.1) is 6.61 Å². The highest BCUT2D eigenvalue weighted by Crippen LogP contribution is 2.25. The molecule has 0 spiro atoms. The van der Waals surface area contributed by atoms with Crippen LogP contribution in [0, 0.1) is 0 Å². The third-order valence-electron chi connectivity index (χ3n) is 4.40. The molecular formula is C17H28N2O. The van der Waals surface area contributed by atoms with Crippen LogP contribution in [-0.4, -0.2) is 60.8 Å². The van der Waals surface area contributed by atoms with Crippen LogP contribution in [0.3, 0.4) is 0 Å². The number of hydrogen-bond donors (Lipinski definition) is 1. The number of hydrogen-bond acceptors (Lipinski definition) is 3. The minimum Gasteiger partial charge on any atom is -0.395 e. The van der Waals surface area contributed by atoms with Gasteiger partial charge in [0.1, 0.15) is 0 Å². The standard InChI is InChI=1S/C17H28N2O/c1-3-9-18-10-12-19(13-11-18)14-17(2,15-20)16-7-5-4-6-8-16/h4-8,20H,3,9-15H2,1-2H3. The van der Waals surface area contributed by atoms with Crippen LogP contribution < -0.4 is 0 Å². The minimum atomic E-state index is -0.159. The summed E-state index contributed by atoms with van der Waals surface area (Å²) in [6.45, 7) is 11.3. The summed E-state index contributed by atoms with van der Waals surface area (Å²) in [5, 5.41) is 9.87. The quantitative estimate of drug-likeness (QED) is 0.860. The molecule has 1 atom stereocenters. The van der Waals surface area contributed by atoms with E-state index >= 15 is 0 Å². The number of benzene rings is 1. The van der Waals surface area contributed by atoms with Crippen LogP contribution in [0.4, 0.5) is 0 Å². The molecule has 0 aromatic heterocycles. The molecule has 0 amide bonds. The SMILES string of the molecule is CCCN1CCN(CC(C)(CO)c2ccccc2)CC1. The first kappa shape index (κ1) is 15.5. The van der Waals surface area contributed by atoms with Gasteiger partial charge in [-0.15, -0.1) is 0 Å². The van der Waals surface area contributed by atoms with Gasteiger partial charge in [0.15, 0.2) is 0 Å². The fourth-order valence-corrected chi connectivity index (χ4v) is 3.05. The van der Waals surface area contributed by atoms with Crippen LogP contribution >= 0.6 is 0 Å². The Hall–Kier alpha value is -0.900. The zero-order valence-electron chi connectivity index (χ0n) is 12.9. The molecule has 1 aliphatic heterocycles. The second-order valence-corrected chi connectivity index (χ2v) is 6.20. The minimum absolute atomic E-state index is 0.159. The van der Waals surface area contributed by atoms with Crippen LogP contribution in [0.15, 0.2) is 30.3 Å². The third kappa shape index (κ3) is 3.81. The summed E-state index contributed by atoms with van der Waals surface area (Å²) < 4.78 is 0. The Morgan fingerprint density at radius 3 is 2.20 bits per heavy atom. The summed E-state index contributed by atoms with van der Waals surface area (Å²) in [6.07, 6.45) is 1.23. The molecule has 1 N–H and O–H groups in total. The smallest absolute Gasteiger partial charge is 0.0537 e. The molecule has 2 rings (SSSR count). The molecule has 1 aromatic rings. The fourth-order valence-electron chi connectivity index (χ4n) is 3.05. The van der Waals surface area contributed by atoms with Crippen molar-refractivity contribution in [2.24, 2.45) is 0 Å². The predicted octanol–water partition coefficient (Wildman–Crippen LogP) is 1.96. The lowest BCUT2D eigenvalue weighted by Gasteiger charge is -2.39. The second-order valence-electron chi connectivity index (χ2n) is 6.20. The van der Waals surface area contributed by atoms with E-state index in [1.54, 1.807) is 0 Å². The van der Waals surface area contributed by atoms with Gasteiger partial charge in [0, 0.05) is 38.1 Å². The molecule has 0 aliphatic carbocycles. The van der Waals surface area contributed by atoms with E-state index in [0.29, 0.717) is 0 Å². The topological polar surface area (TPSA) is 26.7 Å². The van der Waals surface area contributed by atoms with Crippen LogP contribution in [-0.2, 0) is 5.41 Å². The Kier molecular flexibility index (Phi) is 5.58. The summed E-state index contributed by atoms with van der Waals surface area (Å²) in [5.41, 5.74) is 1.08. The maximum atomic E-state index is 9.87. The highest BCUT2D eigenvalue weighted by molar-refractivity contribution is 5.25. The van der Waals surface area contributed by atoms with Crippen LogP contribution in [0.2, 0.25) is 0 Å². The van der Waals surface area contributed by atoms with Crippen molar-refractivity contribution in [2.45, 2.75) is 25.7 Å². The van der Waals surface area contributed by atoms with Gasteiger partial charge in [-0.3, -0.25) is 4.90 Å². The van der Waals surface area contributed by atoms with Crippen molar-refractivity contribution in [3.63, 3.8) is 0 Å². The van der Waals surface area contributed by atoms with Crippen molar-refractivity contribution in [2.75, 3.05) is 45.9 Å². The first-order chi connectivity index (χ1) is 9.68. The van der Waals surface area contributed by atoms with Gasteiger partial charge in [-0.1, -0.05) is 44.2 Å². The van der Waals surface area contributed by atoms with E-state index < -0.39 is 0 Å². The average Bonchev–Trinajstić information content (AvgIpc) is 2.50. The molecule has 0 radical (unpaired) electrons. The number of aliphatic hydroxyl groups is 1. The average molecular weight is 276 g/mol. The lowest BCUT2D eigenvalue weighted by molar-refractivity contribution is 0.0910. The zero-order chi connectivity index (χ0) is 14.4. The van der Waals surface area contributed by atoms with Gasteiger partial charge in [-0.2, -0.15) is 0 Å². The van der Waals surface area contributed by atoms with Crippen LogP contribution in [0.1, 0.15) is 25.8 Å². The molecule has 20 heavy (non-hydrogen) atoms.